The minimum atomic E-state index is -0.295. The minimum Gasteiger partial charge on any atom is -0.469 e. The van der Waals surface area contributed by atoms with Gasteiger partial charge in [-0.1, -0.05) is 39.0 Å². The third-order valence-electron chi connectivity index (χ3n) is 11.8. The fourth-order valence-electron chi connectivity index (χ4n) is 9.69. The first-order valence-corrected chi connectivity index (χ1v) is 14.7. The number of aliphatic hydroxyl groups is 1. The molecule has 1 aromatic carbocycles. The molecule has 10 atom stereocenters. The fraction of sp³-hybridized carbons (Fsp3) is 0.750. The van der Waals surface area contributed by atoms with Crippen LogP contribution >= 0.6 is 0 Å². The van der Waals surface area contributed by atoms with E-state index in [-0.39, 0.29) is 35.0 Å². The molecule has 1 aromatic rings. The van der Waals surface area contributed by atoms with Crippen molar-refractivity contribution in [3.63, 3.8) is 0 Å². The molecule has 4 fully saturated rings. The Bertz CT molecular complexity index is 977. The lowest BCUT2D eigenvalue weighted by Gasteiger charge is -2.62. The average Bonchev–Trinajstić information content (AvgIpc) is 3.27. The van der Waals surface area contributed by atoms with E-state index in [2.05, 4.69) is 20.8 Å². The summed E-state index contributed by atoms with van der Waals surface area (Å²) in [6.45, 7) is 7.11. The highest BCUT2D eigenvalue weighted by Crippen LogP contribution is 2.68. The number of benzene rings is 1. The number of rotatable bonds is 6. The van der Waals surface area contributed by atoms with E-state index >= 15 is 0 Å². The van der Waals surface area contributed by atoms with Crippen LogP contribution in [0.15, 0.2) is 30.3 Å². The lowest BCUT2D eigenvalue weighted by atomic mass is 9.43. The molecule has 4 aliphatic rings. The van der Waals surface area contributed by atoms with Crippen molar-refractivity contribution >= 4 is 11.9 Å². The second-order valence-corrected chi connectivity index (χ2v) is 13.2. The molecule has 4 aliphatic carbocycles. The minimum absolute atomic E-state index is 0.00682. The summed E-state index contributed by atoms with van der Waals surface area (Å²) >= 11 is 0. The molecule has 37 heavy (non-hydrogen) atoms. The monoisotopic (exact) mass is 510 g/mol. The first kappa shape index (κ1) is 26.7. The second-order valence-electron chi connectivity index (χ2n) is 13.2. The largest absolute Gasteiger partial charge is 0.469 e. The van der Waals surface area contributed by atoms with Crippen molar-refractivity contribution in [2.24, 2.45) is 46.3 Å². The average molecular weight is 511 g/mol. The van der Waals surface area contributed by atoms with Crippen LogP contribution in [-0.2, 0) is 14.3 Å². The van der Waals surface area contributed by atoms with Crippen LogP contribution in [0.1, 0.15) is 95.3 Å². The molecule has 0 unspecified atom stereocenters. The highest BCUT2D eigenvalue weighted by Gasteiger charge is 2.63. The first-order chi connectivity index (χ1) is 17.7. The van der Waals surface area contributed by atoms with Gasteiger partial charge in [-0.2, -0.15) is 0 Å². The summed E-state index contributed by atoms with van der Waals surface area (Å²) < 4.78 is 10.9. The molecule has 0 saturated heterocycles. The second kappa shape index (κ2) is 10.4. The Kier molecular flexibility index (Phi) is 7.48. The molecule has 0 aliphatic heterocycles. The van der Waals surface area contributed by atoms with Gasteiger partial charge >= 0.3 is 11.9 Å². The van der Waals surface area contributed by atoms with Crippen LogP contribution in [0.2, 0.25) is 0 Å². The maximum atomic E-state index is 12.7. The summed E-state index contributed by atoms with van der Waals surface area (Å²) in [6.07, 6.45) is 9.59. The van der Waals surface area contributed by atoms with Crippen molar-refractivity contribution in [2.75, 3.05) is 7.11 Å². The van der Waals surface area contributed by atoms with Crippen LogP contribution in [-0.4, -0.2) is 36.4 Å². The van der Waals surface area contributed by atoms with Crippen molar-refractivity contribution in [2.45, 2.75) is 97.2 Å². The molecule has 4 saturated carbocycles. The highest BCUT2D eigenvalue weighted by molar-refractivity contribution is 5.89. The molecular weight excluding hydrogens is 464 g/mol. The maximum absolute atomic E-state index is 12.7. The van der Waals surface area contributed by atoms with E-state index < -0.39 is 0 Å². The van der Waals surface area contributed by atoms with Gasteiger partial charge in [0.15, 0.2) is 0 Å². The molecule has 0 spiro atoms. The summed E-state index contributed by atoms with van der Waals surface area (Å²) in [5.41, 5.74) is 0.767. The van der Waals surface area contributed by atoms with E-state index in [4.69, 9.17) is 9.47 Å². The van der Waals surface area contributed by atoms with Crippen LogP contribution in [0, 0.1) is 46.3 Å². The zero-order valence-electron chi connectivity index (χ0n) is 23.2. The summed E-state index contributed by atoms with van der Waals surface area (Å²) in [5.74, 6) is 2.82. The zero-order chi connectivity index (χ0) is 26.4. The van der Waals surface area contributed by atoms with E-state index in [9.17, 15) is 14.7 Å². The van der Waals surface area contributed by atoms with Gasteiger partial charge in [0.25, 0.3) is 0 Å². The molecule has 204 valence electrons. The van der Waals surface area contributed by atoms with Crippen molar-refractivity contribution in [1.82, 2.24) is 0 Å². The number of aliphatic hydroxyl groups excluding tert-OH is 1. The number of ether oxygens (including phenoxy) is 2. The van der Waals surface area contributed by atoms with E-state index in [1.165, 1.54) is 26.4 Å². The Morgan fingerprint density at radius 3 is 2.51 bits per heavy atom. The number of carbonyl (C=O) groups is 2. The Hall–Kier alpha value is -1.88. The number of methoxy groups -OCH3 is 1. The standard InChI is InChI=1S/C32H46O5/c1-20(10-15-29(34)36-4)25-13-14-26-24-12-11-22-18-23(37-30(35)21-8-6-5-7-9-21)16-17-31(22,2)27(24)19-28(33)32(25,26)3/h5-9,20,22-28,33H,10-19H2,1-4H3/t20-,22+,23+,24-,25-,26+,27+,28-,31-,32-/m0/s1. The maximum Gasteiger partial charge on any atom is 0.338 e. The van der Waals surface area contributed by atoms with Crippen molar-refractivity contribution in [3.05, 3.63) is 35.9 Å². The van der Waals surface area contributed by atoms with Gasteiger partial charge < -0.3 is 14.6 Å². The van der Waals surface area contributed by atoms with Gasteiger partial charge in [-0.15, -0.1) is 0 Å². The Balaban J connectivity index is 1.27. The molecule has 1 N–H and O–H groups in total. The third kappa shape index (κ3) is 4.64. The summed E-state index contributed by atoms with van der Waals surface area (Å²) in [7, 11) is 1.46. The highest BCUT2D eigenvalue weighted by atomic mass is 16.5. The van der Waals surface area contributed by atoms with Crippen LogP contribution < -0.4 is 0 Å². The summed E-state index contributed by atoms with van der Waals surface area (Å²) in [5, 5.41) is 11.8. The quantitative estimate of drug-likeness (QED) is 0.447. The summed E-state index contributed by atoms with van der Waals surface area (Å²) in [4.78, 5) is 24.5. The first-order valence-electron chi connectivity index (χ1n) is 14.7. The Morgan fingerprint density at radius 1 is 1.03 bits per heavy atom. The van der Waals surface area contributed by atoms with Gasteiger partial charge in [0.2, 0.25) is 0 Å². The molecule has 5 rings (SSSR count). The molecule has 0 bridgehead atoms. The molecule has 0 heterocycles. The number of fused-ring (bicyclic) bond motifs is 5. The summed E-state index contributed by atoms with van der Waals surface area (Å²) in [6, 6.07) is 9.33. The van der Waals surface area contributed by atoms with Crippen LogP contribution in [0.25, 0.3) is 0 Å². The predicted octanol–water partition coefficient (Wildman–Crippen LogP) is 6.43. The number of hydrogen-bond donors (Lipinski definition) is 1. The van der Waals surface area contributed by atoms with Gasteiger partial charge in [-0.3, -0.25) is 4.79 Å². The molecule has 5 heteroatoms. The normalized spacial score (nSPS) is 41.6. The lowest BCUT2D eigenvalue weighted by Crippen LogP contribution is -2.59. The van der Waals surface area contributed by atoms with Crippen LogP contribution in [0.4, 0.5) is 0 Å². The third-order valence-corrected chi connectivity index (χ3v) is 11.8. The van der Waals surface area contributed by atoms with Gasteiger partial charge in [-0.05, 0) is 116 Å². The van der Waals surface area contributed by atoms with Crippen LogP contribution in [0.5, 0.6) is 0 Å². The van der Waals surface area contributed by atoms with E-state index in [0.29, 0.717) is 47.5 Å². The SMILES string of the molecule is COC(=O)CC[C@H](C)[C@@H]1CC[C@@H]2[C@@H]3CC[C@@H]4C[C@H](OC(=O)c5ccccc5)CC[C@]4(C)[C@@H]3C[C@H](O)[C@]21C. The van der Waals surface area contributed by atoms with E-state index in [0.717, 1.165) is 38.5 Å². The molecule has 0 aromatic heterocycles. The molecular formula is C32H46O5. The van der Waals surface area contributed by atoms with E-state index in [1.807, 2.05) is 30.3 Å². The van der Waals surface area contributed by atoms with Gasteiger partial charge in [-0.25, -0.2) is 4.79 Å². The van der Waals surface area contributed by atoms with Crippen molar-refractivity contribution in [3.8, 4) is 0 Å². The molecule has 5 nitrogen and oxygen atoms in total. The van der Waals surface area contributed by atoms with Gasteiger partial charge in [0.05, 0.1) is 18.8 Å². The molecule has 0 amide bonds. The van der Waals surface area contributed by atoms with Crippen LogP contribution in [0.3, 0.4) is 0 Å². The van der Waals surface area contributed by atoms with Gasteiger partial charge in [0.1, 0.15) is 6.10 Å². The van der Waals surface area contributed by atoms with Gasteiger partial charge in [0, 0.05) is 6.42 Å². The number of esters is 2. The Morgan fingerprint density at radius 2 is 1.78 bits per heavy atom. The topological polar surface area (TPSA) is 72.8 Å². The fourth-order valence-corrected chi connectivity index (χ4v) is 9.69. The van der Waals surface area contributed by atoms with Crippen molar-refractivity contribution < 1.29 is 24.2 Å². The number of carbonyl (C=O) groups excluding carboxylic acids is 2. The predicted molar refractivity (Wildman–Crippen MR) is 143 cm³/mol. The van der Waals surface area contributed by atoms with E-state index in [1.54, 1.807) is 0 Å². The Labute approximate surface area is 222 Å². The van der Waals surface area contributed by atoms with Crippen molar-refractivity contribution in [1.29, 1.82) is 0 Å². The smallest absolute Gasteiger partial charge is 0.338 e. The zero-order valence-corrected chi connectivity index (χ0v) is 23.2. The number of hydrogen-bond acceptors (Lipinski definition) is 5. The molecule has 0 radical (unpaired) electrons. The lowest BCUT2D eigenvalue weighted by molar-refractivity contribution is -0.175.